The van der Waals surface area contributed by atoms with Gasteiger partial charge in [-0.1, -0.05) is 11.3 Å². The molecule has 0 aromatic carbocycles. The summed E-state index contributed by atoms with van der Waals surface area (Å²) in [5.74, 6) is 1.04. The SMILES string of the molecule is Cc1nc2ccc(N3CC(C)OC(C)C3)nc2s1. The van der Waals surface area contributed by atoms with Crippen LogP contribution in [0.2, 0.25) is 0 Å². The summed E-state index contributed by atoms with van der Waals surface area (Å²) in [6.45, 7) is 8.04. The van der Waals surface area contributed by atoms with Crippen molar-refractivity contribution in [1.29, 1.82) is 0 Å². The fourth-order valence-corrected chi connectivity index (χ4v) is 3.24. The fraction of sp³-hybridized carbons (Fsp3) is 0.538. The van der Waals surface area contributed by atoms with Crippen molar-refractivity contribution >= 4 is 27.5 Å². The molecule has 3 heterocycles. The van der Waals surface area contributed by atoms with Crippen LogP contribution in [-0.4, -0.2) is 35.3 Å². The molecule has 18 heavy (non-hydrogen) atoms. The van der Waals surface area contributed by atoms with Gasteiger partial charge in [0.15, 0.2) is 0 Å². The molecule has 1 saturated heterocycles. The van der Waals surface area contributed by atoms with Crippen molar-refractivity contribution in [3.8, 4) is 0 Å². The summed E-state index contributed by atoms with van der Waals surface area (Å²) in [5, 5.41) is 1.07. The van der Waals surface area contributed by atoms with Crippen LogP contribution in [0.3, 0.4) is 0 Å². The highest BCUT2D eigenvalue weighted by molar-refractivity contribution is 7.18. The first-order valence-corrected chi connectivity index (χ1v) is 7.08. The largest absolute Gasteiger partial charge is 0.372 e. The van der Waals surface area contributed by atoms with Gasteiger partial charge in [-0.2, -0.15) is 0 Å². The number of ether oxygens (including phenoxy) is 1. The number of aryl methyl sites for hydroxylation is 1. The molecule has 0 N–H and O–H groups in total. The number of thiazole rings is 1. The number of morpholine rings is 1. The van der Waals surface area contributed by atoms with E-state index in [0.29, 0.717) is 0 Å². The van der Waals surface area contributed by atoms with E-state index in [0.717, 1.165) is 34.3 Å². The van der Waals surface area contributed by atoms with Crippen LogP contribution in [0.15, 0.2) is 12.1 Å². The smallest absolute Gasteiger partial charge is 0.145 e. The van der Waals surface area contributed by atoms with E-state index in [2.05, 4.69) is 35.9 Å². The van der Waals surface area contributed by atoms with Crippen LogP contribution >= 0.6 is 11.3 Å². The molecule has 0 bridgehead atoms. The minimum atomic E-state index is 0.259. The van der Waals surface area contributed by atoms with Crippen molar-refractivity contribution in [3.05, 3.63) is 17.1 Å². The van der Waals surface area contributed by atoms with Crippen LogP contribution in [0.5, 0.6) is 0 Å². The maximum Gasteiger partial charge on any atom is 0.145 e. The number of pyridine rings is 1. The lowest BCUT2D eigenvalue weighted by molar-refractivity contribution is -0.00543. The van der Waals surface area contributed by atoms with E-state index in [4.69, 9.17) is 9.72 Å². The topological polar surface area (TPSA) is 38.2 Å². The van der Waals surface area contributed by atoms with Crippen LogP contribution in [-0.2, 0) is 4.74 Å². The first-order valence-electron chi connectivity index (χ1n) is 6.26. The van der Waals surface area contributed by atoms with Gasteiger partial charge in [0, 0.05) is 13.1 Å². The third-order valence-corrected chi connectivity index (χ3v) is 3.97. The van der Waals surface area contributed by atoms with E-state index in [1.165, 1.54) is 0 Å². The Bertz CT molecular complexity index is 558. The molecule has 1 aliphatic rings. The average Bonchev–Trinajstić information content (AvgIpc) is 2.66. The lowest BCUT2D eigenvalue weighted by atomic mass is 10.2. The number of aromatic nitrogens is 2. The molecule has 2 aromatic rings. The average molecular weight is 263 g/mol. The monoisotopic (exact) mass is 263 g/mol. The molecule has 0 spiro atoms. The highest BCUT2D eigenvalue weighted by atomic mass is 32.1. The van der Waals surface area contributed by atoms with Crippen LogP contribution in [0.4, 0.5) is 5.82 Å². The predicted molar refractivity (Wildman–Crippen MR) is 74.4 cm³/mol. The number of hydrogen-bond acceptors (Lipinski definition) is 5. The summed E-state index contributed by atoms with van der Waals surface area (Å²) in [6.07, 6.45) is 0.517. The molecule has 96 valence electrons. The molecule has 3 rings (SSSR count). The van der Waals surface area contributed by atoms with Crippen molar-refractivity contribution in [2.24, 2.45) is 0 Å². The Morgan fingerprint density at radius 3 is 2.67 bits per heavy atom. The maximum absolute atomic E-state index is 5.75. The zero-order valence-corrected chi connectivity index (χ0v) is 11.7. The summed E-state index contributed by atoms with van der Waals surface area (Å²) in [6, 6.07) is 4.12. The Labute approximate surface area is 111 Å². The normalized spacial score (nSPS) is 24.7. The minimum absolute atomic E-state index is 0.259. The summed E-state index contributed by atoms with van der Waals surface area (Å²) in [4.78, 5) is 12.5. The Morgan fingerprint density at radius 1 is 1.22 bits per heavy atom. The molecule has 0 saturated carbocycles. The molecule has 2 unspecified atom stereocenters. The quantitative estimate of drug-likeness (QED) is 0.792. The molecule has 0 radical (unpaired) electrons. The van der Waals surface area contributed by atoms with Crippen LogP contribution < -0.4 is 4.90 Å². The van der Waals surface area contributed by atoms with E-state index in [1.807, 2.05) is 6.92 Å². The van der Waals surface area contributed by atoms with Crippen molar-refractivity contribution in [3.63, 3.8) is 0 Å². The standard InChI is InChI=1S/C13H17N3OS/c1-8-6-16(7-9(2)17-8)12-5-4-11-13(15-12)18-10(3)14-11/h4-5,8-9H,6-7H2,1-3H3. The minimum Gasteiger partial charge on any atom is -0.372 e. The molecule has 0 amide bonds. The third-order valence-electron chi connectivity index (χ3n) is 3.09. The number of rotatable bonds is 1. The highest BCUT2D eigenvalue weighted by Gasteiger charge is 2.23. The number of anilines is 1. The lowest BCUT2D eigenvalue weighted by Crippen LogP contribution is -2.45. The van der Waals surface area contributed by atoms with Gasteiger partial charge >= 0.3 is 0 Å². The van der Waals surface area contributed by atoms with Gasteiger partial charge in [-0.15, -0.1) is 0 Å². The maximum atomic E-state index is 5.75. The molecular formula is C13H17N3OS. The van der Waals surface area contributed by atoms with Gasteiger partial charge in [0.1, 0.15) is 16.2 Å². The molecule has 0 aliphatic carbocycles. The molecule has 5 heteroatoms. The van der Waals surface area contributed by atoms with Gasteiger partial charge in [-0.3, -0.25) is 0 Å². The van der Waals surface area contributed by atoms with Gasteiger partial charge in [0.2, 0.25) is 0 Å². The third kappa shape index (κ3) is 2.20. The van der Waals surface area contributed by atoms with E-state index < -0.39 is 0 Å². The molecule has 4 nitrogen and oxygen atoms in total. The second kappa shape index (κ2) is 4.48. The van der Waals surface area contributed by atoms with Crippen LogP contribution in [0.1, 0.15) is 18.9 Å². The zero-order chi connectivity index (χ0) is 12.7. The molecule has 2 atom stereocenters. The van der Waals surface area contributed by atoms with Crippen molar-refractivity contribution in [2.45, 2.75) is 33.0 Å². The van der Waals surface area contributed by atoms with Crippen molar-refractivity contribution < 1.29 is 4.74 Å². The summed E-state index contributed by atoms with van der Waals surface area (Å²) < 4.78 is 5.75. The van der Waals surface area contributed by atoms with E-state index in [1.54, 1.807) is 11.3 Å². The van der Waals surface area contributed by atoms with Crippen LogP contribution in [0, 0.1) is 6.92 Å². The van der Waals surface area contributed by atoms with E-state index in [9.17, 15) is 0 Å². The predicted octanol–water partition coefficient (Wildman–Crippen LogP) is 2.61. The molecular weight excluding hydrogens is 246 g/mol. The molecule has 1 aliphatic heterocycles. The van der Waals surface area contributed by atoms with Crippen molar-refractivity contribution in [1.82, 2.24) is 9.97 Å². The Kier molecular flexibility index (Phi) is 2.95. The van der Waals surface area contributed by atoms with Gasteiger partial charge in [-0.05, 0) is 32.9 Å². The van der Waals surface area contributed by atoms with Gasteiger partial charge in [0.25, 0.3) is 0 Å². The second-order valence-corrected chi connectivity index (χ2v) is 6.07. The first kappa shape index (κ1) is 11.9. The lowest BCUT2D eigenvalue weighted by Gasteiger charge is -2.36. The summed E-state index contributed by atoms with van der Waals surface area (Å²) >= 11 is 1.65. The zero-order valence-electron chi connectivity index (χ0n) is 10.9. The summed E-state index contributed by atoms with van der Waals surface area (Å²) in [7, 11) is 0. The number of nitrogens with zero attached hydrogens (tertiary/aromatic N) is 3. The second-order valence-electron chi connectivity index (χ2n) is 4.89. The van der Waals surface area contributed by atoms with Crippen LogP contribution in [0.25, 0.3) is 10.3 Å². The van der Waals surface area contributed by atoms with E-state index in [-0.39, 0.29) is 12.2 Å². The molecule has 1 fully saturated rings. The van der Waals surface area contributed by atoms with Gasteiger partial charge < -0.3 is 9.64 Å². The Morgan fingerprint density at radius 2 is 1.94 bits per heavy atom. The van der Waals surface area contributed by atoms with Gasteiger partial charge in [0.05, 0.1) is 17.2 Å². The fourth-order valence-electron chi connectivity index (χ4n) is 2.46. The summed E-state index contributed by atoms with van der Waals surface area (Å²) in [5.41, 5.74) is 0.996. The number of fused-ring (bicyclic) bond motifs is 1. The number of hydrogen-bond donors (Lipinski definition) is 0. The molecule has 2 aromatic heterocycles. The van der Waals surface area contributed by atoms with Crippen molar-refractivity contribution in [2.75, 3.05) is 18.0 Å². The Balaban J connectivity index is 1.93. The first-order chi connectivity index (χ1) is 8.61. The van der Waals surface area contributed by atoms with Gasteiger partial charge in [-0.25, -0.2) is 9.97 Å². The van der Waals surface area contributed by atoms with E-state index >= 15 is 0 Å². The Hall–Kier alpha value is -1.20. The highest BCUT2D eigenvalue weighted by Crippen LogP contribution is 2.24.